The number of carbonyl (C=O) groups is 2. The molecule has 0 bridgehead atoms. The van der Waals surface area contributed by atoms with E-state index in [0.717, 1.165) is 12.1 Å². The summed E-state index contributed by atoms with van der Waals surface area (Å²) >= 11 is 0. The standard InChI is InChI=1S/C23H35F3N2O4Si/c1-22(2,3)33(5,6)32-15-11-19(21(30)31-4)28-14-13-27(12-10-20(28)29)18-9-7-8-17(16-18)23(24,25)26/h7-9,16,19H,10-15H2,1-6H3. The van der Waals surface area contributed by atoms with Crippen molar-refractivity contribution in [2.24, 2.45) is 0 Å². The second-order valence-corrected chi connectivity index (χ2v) is 14.6. The largest absolute Gasteiger partial charge is 0.467 e. The van der Waals surface area contributed by atoms with Crippen LogP contribution in [0.4, 0.5) is 18.9 Å². The van der Waals surface area contributed by atoms with E-state index in [-0.39, 0.29) is 30.5 Å². The Morgan fingerprint density at radius 3 is 2.39 bits per heavy atom. The molecule has 33 heavy (non-hydrogen) atoms. The first-order valence-electron chi connectivity index (χ1n) is 11.1. The van der Waals surface area contributed by atoms with Crippen molar-refractivity contribution in [3.63, 3.8) is 0 Å². The molecule has 0 radical (unpaired) electrons. The van der Waals surface area contributed by atoms with Crippen LogP contribution < -0.4 is 4.90 Å². The molecule has 1 aliphatic rings. The molecule has 1 aromatic rings. The highest BCUT2D eigenvalue weighted by atomic mass is 28.4. The minimum absolute atomic E-state index is 0.0115. The van der Waals surface area contributed by atoms with E-state index in [0.29, 0.717) is 25.3 Å². The number of alkyl halides is 3. The Balaban J connectivity index is 2.14. The van der Waals surface area contributed by atoms with Crippen LogP contribution in [-0.2, 0) is 24.9 Å². The van der Waals surface area contributed by atoms with E-state index in [2.05, 4.69) is 33.9 Å². The van der Waals surface area contributed by atoms with E-state index in [1.807, 2.05) is 0 Å². The molecule has 0 saturated carbocycles. The fourth-order valence-corrected chi connectivity index (χ4v) is 4.55. The molecule has 1 atom stereocenters. The van der Waals surface area contributed by atoms with E-state index in [4.69, 9.17) is 9.16 Å². The van der Waals surface area contributed by atoms with Gasteiger partial charge in [0.2, 0.25) is 5.91 Å². The molecule has 0 N–H and O–H groups in total. The van der Waals surface area contributed by atoms with Gasteiger partial charge in [-0.05, 0) is 36.3 Å². The van der Waals surface area contributed by atoms with E-state index in [1.165, 1.54) is 18.1 Å². The summed E-state index contributed by atoms with van der Waals surface area (Å²) in [6.45, 7) is 11.7. The SMILES string of the molecule is COC(=O)C(CCO[Si](C)(C)C(C)(C)C)N1CCN(c2cccc(C(F)(F)F)c2)CCC1=O. The number of rotatable bonds is 7. The van der Waals surface area contributed by atoms with Gasteiger partial charge in [-0.15, -0.1) is 0 Å². The second kappa shape index (κ2) is 10.5. The Hall–Kier alpha value is -2.07. The fraction of sp³-hybridized carbons (Fsp3) is 0.652. The number of anilines is 1. The molecule has 1 unspecified atom stereocenters. The molecule has 1 aromatic carbocycles. The number of carbonyl (C=O) groups excluding carboxylic acids is 2. The van der Waals surface area contributed by atoms with Crippen molar-refractivity contribution < 1.29 is 31.9 Å². The van der Waals surface area contributed by atoms with E-state index < -0.39 is 32.1 Å². The van der Waals surface area contributed by atoms with Crippen LogP contribution in [0.3, 0.4) is 0 Å². The summed E-state index contributed by atoms with van der Waals surface area (Å²) in [6.07, 6.45) is -4.05. The van der Waals surface area contributed by atoms with Crippen molar-refractivity contribution in [2.75, 3.05) is 38.3 Å². The van der Waals surface area contributed by atoms with Crippen LogP contribution in [0.1, 0.15) is 39.2 Å². The summed E-state index contributed by atoms with van der Waals surface area (Å²) in [5, 5.41) is 0.0115. The summed E-state index contributed by atoms with van der Waals surface area (Å²) in [4.78, 5) is 28.6. The zero-order chi connectivity index (χ0) is 25.0. The third-order valence-corrected chi connectivity index (χ3v) is 11.1. The van der Waals surface area contributed by atoms with Crippen LogP contribution in [-0.4, -0.2) is 64.5 Å². The number of hydrogen-bond acceptors (Lipinski definition) is 5. The number of esters is 1. The maximum atomic E-state index is 13.1. The Morgan fingerprint density at radius 2 is 1.82 bits per heavy atom. The Bertz CT molecular complexity index is 840. The van der Waals surface area contributed by atoms with E-state index in [9.17, 15) is 22.8 Å². The summed E-state index contributed by atoms with van der Waals surface area (Å²) in [6, 6.07) is 4.27. The molecule has 0 spiro atoms. The Labute approximate surface area is 195 Å². The van der Waals surface area contributed by atoms with Gasteiger partial charge in [-0.2, -0.15) is 13.2 Å². The summed E-state index contributed by atoms with van der Waals surface area (Å²) in [5.41, 5.74) is -0.335. The number of nitrogens with zero attached hydrogens (tertiary/aromatic N) is 2. The lowest BCUT2D eigenvalue weighted by Crippen LogP contribution is -2.48. The van der Waals surface area contributed by atoms with Gasteiger partial charge in [-0.25, -0.2) is 4.79 Å². The van der Waals surface area contributed by atoms with Gasteiger partial charge in [0.1, 0.15) is 6.04 Å². The first-order valence-corrected chi connectivity index (χ1v) is 14.0. The minimum Gasteiger partial charge on any atom is -0.467 e. The Morgan fingerprint density at radius 1 is 1.15 bits per heavy atom. The van der Waals surface area contributed by atoms with Crippen molar-refractivity contribution in [1.82, 2.24) is 4.90 Å². The zero-order valence-electron chi connectivity index (χ0n) is 20.3. The van der Waals surface area contributed by atoms with Gasteiger partial charge in [0.25, 0.3) is 0 Å². The van der Waals surface area contributed by atoms with Gasteiger partial charge in [-0.1, -0.05) is 26.8 Å². The van der Waals surface area contributed by atoms with Crippen LogP contribution in [0.15, 0.2) is 24.3 Å². The van der Waals surface area contributed by atoms with Crippen molar-refractivity contribution in [1.29, 1.82) is 0 Å². The maximum absolute atomic E-state index is 13.1. The van der Waals surface area contributed by atoms with Crippen LogP contribution in [0.5, 0.6) is 0 Å². The topological polar surface area (TPSA) is 59.1 Å². The minimum atomic E-state index is -4.44. The van der Waals surface area contributed by atoms with Crippen molar-refractivity contribution >= 4 is 25.9 Å². The molecule has 6 nitrogen and oxygen atoms in total. The fourth-order valence-electron chi connectivity index (χ4n) is 3.49. The lowest BCUT2D eigenvalue weighted by Gasteiger charge is -2.37. The number of halogens is 3. The molecule has 1 heterocycles. The monoisotopic (exact) mass is 488 g/mol. The van der Waals surface area contributed by atoms with E-state index in [1.54, 1.807) is 11.0 Å². The summed E-state index contributed by atoms with van der Waals surface area (Å²) in [5.74, 6) is -0.748. The highest BCUT2D eigenvalue weighted by Crippen LogP contribution is 2.37. The molecule has 0 aromatic heterocycles. The number of amides is 1. The predicted molar refractivity (Wildman–Crippen MR) is 124 cm³/mol. The van der Waals surface area contributed by atoms with Crippen molar-refractivity contribution in [2.45, 2.75) is 64.0 Å². The van der Waals surface area contributed by atoms with Crippen LogP contribution in [0.2, 0.25) is 18.1 Å². The number of hydrogen-bond donors (Lipinski definition) is 0. The van der Waals surface area contributed by atoms with Gasteiger partial charge in [0.15, 0.2) is 8.32 Å². The molecule has 1 aliphatic heterocycles. The number of ether oxygens (including phenoxy) is 1. The third-order valence-electron chi connectivity index (χ3n) is 6.58. The first-order chi connectivity index (χ1) is 15.2. The lowest BCUT2D eigenvalue weighted by molar-refractivity contribution is -0.153. The average molecular weight is 489 g/mol. The summed E-state index contributed by atoms with van der Waals surface area (Å²) in [7, 11) is -0.746. The lowest BCUT2D eigenvalue weighted by atomic mass is 10.1. The predicted octanol–water partition coefficient (Wildman–Crippen LogP) is 4.70. The highest BCUT2D eigenvalue weighted by molar-refractivity contribution is 6.74. The molecule has 1 saturated heterocycles. The average Bonchev–Trinajstić information content (AvgIpc) is 2.91. The molecule has 1 amide bonds. The van der Waals surface area contributed by atoms with Crippen molar-refractivity contribution in [3.8, 4) is 0 Å². The van der Waals surface area contributed by atoms with Gasteiger partial charge < -0.3 is 19.0 Å². The molecule has 2 rings (SSSR count). The molecular formula is C23H35F3N2O4Si. The smallest absolute Gasteiger partial charge is 0.416 e. The number of benzene rings is 1. The Kier molecular flexibility index (Phi) is 8.61. The van der Waals surface area contributed by atoms with Crippen LogP contribution in [0, 0.1) is 0 Å². The number of methoxy groups -OCH3 is 1. The quantitative estimate of drug-likeness (QED) is 0.411. The normalized spacial score (nSPS) is 17.1. The van der Waals surface area contributed by atoms with Gasteiger partial charge in [0.05, 0.1) is 12.7 Å². The highest BCUT2D eigenvalue weighted by Gasteiger charge is 2.38. The summed E-state index contributed by atoms with van der Waals surface area (Å²) < 4.78 is 50.5. The third kappa shape index (κ3) is 6.96. The van der Waals surface area contributed by atoms with Gasteiger partial charge >= 0.3 is 12.1 Å². The van der Waals surface area contributed by atoms with Crippen molar-refractivity contribution in [3.05, 3.63) is 29.8 Å². The molecule has 1 fully saturated rings. The molecule has 0 aliphatic carbocycles. The van der Waals surface area contributed by atoms with Crippen LogP contribution in [0.25, 0.3) is 0 Å². The van der Waals surface area contributed by atoms with Crippen LogP contribution >= 0.6 is 0 Å². The molecule has 10 heteroatoms. The van der Waals surface area contributed by atoms with Gasteiger partial charge in [0, 0.05) is 44.8 Å². The second-order valence-electron chi connectivity index (χ2n) is 9.81. The maximum Gasteiger partial charge on any atom is 0.416 e. The first kappa shape index (κ1) is 27.2. The molecule has 186 valence electrons. The zero-order valence-corrected chi connectivity index (χ0v) is 21.3. The van der Waals surface area contributed by atoms with E-state index >= 15 is 0 Å². The molecular weight excluding hydrogens is 453 g/mol. The van der Waals surface area contributed by atoms with Gasteiger partial charge in [-0.3, -0.25) is 4.79 Å².